The molecule has 19 heavy (non-hydrogen) atoms. The number of ketones is 1. The van der Waals surface area contributed by atoms with Crippen molar-refractivity contribution in [1.82, 2.24) is 0 Å². The Hall–Kier alpha value is -0.676. The predicted molar refractivity (Wildman–Crippen MR) is 89.7 cm³/mol. The van der Waals surface area contributed by atoms with Gasteiger partial charge in [-0.3, -0.25) is 4.79 Å². The molecule has 0 atom stereocenters. The van der Waals surface area contributed by atoms with Crippen molar-refractivity contribution in [3.8, 4) is 0 Å². The molecule has 0 saturated carbocycles. The van der Waals surface area contributed by atoms with Crippen LogP contribution in [0.25, 0.3) is 0 Å². The summed E-state index contributed by atoms with van der Waals surface area (Å²) in [5.74, 6) is 0.402. The molecule has 0 unspecified atom stereocenters. The van der Waals surface area contributed by atoms with Gasteiger partial charge >= 0.3 is 0 Å². The van der Waals surface area contributed by atoms with Gasteiger partial charge in [-0.1, -0.05) is 56.6 Å². The summed E-state index contributed by atoms with van der Waals surface area (Å²) in [7, 11) is -2.80. The lowest BCUT2D eigenvalue weighted by molar-refractivity contribution is 0.0974. The van der Waals surface area contributed by atoms with Gasteiger partial charge in [0, 0.05) is 12.0 Å². The normalized spacial score (nSPS) is 16.4. The highest BCUT2D eigenvalue weighted by Crippen LogP contribution is 2.23. The first-order valence-corrected chi connectivity index (χ1v) is 14.3. The lowest BCUT2D eigenvalue weighted by Gasteiger charge is -2.30. The van der Waals surface area contributed by atoms with Crippen molar-refractivity contribution in [2.45, 2.75) is 58.5 Å². The van der Waals surface area contributed by atoms with Crippen LogP contribution in [0.2, 0.25) is 39.3 Å². The standard InChI is InChI=1S/C16H26OSi2/c1-18(2,3)14-10-11-15(19(4,5)6)16-12(14)8-7-9-13(16)17/h10-11H,7-9H2,1-6H3. The minimum absolute atomic E-state index is 0.402. The molecule has 3 heteroatoms. The Morgan fingerprint density at radius 1 is 0.842 bits per heavy atom. The largest absolute Gasteiger partial charge is 0.294 e. The Morgan fingerprint density at radius 2 is 1.37 bits per heavy atom. The first-order valence-electron chi connectivity index (χ1n) is 7.32. The van der Waals surface area contributed by atoms with Gasteiger partial charge in [0.05, 0.1) is 16.1 Å². The van der Waals surface area contributed by atoms with Crippen LogP contribution >= 0.6 is 0 Å². The molecular weight excluding hydrogens is 264 g/mol. The summed E-state index contributed by atoms with van der Waals surface area (Å²) in [5, 5.41) is 2.90. The topological polar surface area (TPSA) is 17.1 Å². The first-order chi connectivity index (χ1) is 8.62. The van der Waals surface area contributed by atoms with Crippen LogP contribution in [0.1, 0.15) is 28.8 Å². The monoisotopic (exact) mass is 290 g/mol. The van der Waals surface area contributed by atoms with Crippen molar-refractivity contribution in [3.05, 3.63) is 23.3 Å². The quantitative estimate of drug-likeness (QED) is 0.764. The molecule has 0 aromatic heterocycles. The van der Waals surface area contributed by atoms with Crippen LogP contribution in [0.15, 0.2) is 12.1 Å². The Bertz CT molecular complexity index is 519. The van der Waals surface area contributed by atoms with E-state index < -0.39 is 16.1 Å². The number of carbonyl (C=O) groups is 1. The highest BCUT2D eigenvalue weighted by atomic mass is 28.3. The maximum Gasteiger partial charge on any atom is 0.163 e. The molecule has 0 aliphatic heterocycles. The molecule has 1 aromatic rings. The molecule has 1 nitrogen and oxygen atoms in total. The van der Waals surface area contributed by atoms with Gasteiger partial charge in [-0.25, -0.2) is 0 Å². The van der Waals surface area contributed by atoms with Crippen molar-refractivity contribution in [1.29, 1.82) is 0 Å². The van der Waals surface area contributed by atoms with E-state index in [-0.39, 0.29) is 0 Å². The summed E-state index contributed by atoms with van der Waals surface area (Å²) >= 11 is 0. The van der Waals surface area contributed by atoms with Gasteiger partial charge in [0.1, 0.15) is 0 Å². The summed E-state index contributed by atoms with van der Waals surface area (Å²) in [5.41, 5.74) is 2.54. The Labute approximate surface area is 119 Å². The molecule has 2 rings (SSSR count). The van der Waals surface area contributed by atoms with Crippen molar-refractivity contribution in [3.63, 3.8) is 0 Å². The fraction of sp³-hybridized carbons (Fsp3) is 0.562. The van der Waals surface area contributed by atoms with Gasteiger partial charge in [-0.15, -0.1) is 0 Å². The molecule has 104 valence electrons. The van der Waals surface area contributed by atoms with E-state index in [0.717, 1.165) is 24.8 Å². The molecule has 0 fully saturated rings. The molecule has 1 aliphatic rings. The number of carbonyl (C=O) groups excluding carboxylic acids is 1. The Morgan fingerprint density at radius 3 is 1.89 bits per heavy atom. The first kappa shape index (κ1) is 14.7. The summed E-state index contributed by atoms with van der Waals surface area (Å²) in [6.45, 7) is 14.2. The van der Waals surface area contributed by atoms with E-state index in [1.165, 1.54) is 15.9 Å². The van der Waals surface area contributed by atoms with Crippen molar-refractivity contribution in [2.24, 2.45) is 0 Å². The van der Waals surface area contributed by atoms with E-state index in [0.29, 0.717) is 5.78 Å². The second kappa shape index (κ2) is 4.70. The summed E-state index contributed by atoms with van der Waals surface area (Å²) < 4.78 is 0. The number of benzene rings is 1. The molecule has 1 aromatic carbocycles. The van der Waals surface area contributed by atoms with E-state index in [9.17, 15) is 4.79 Å². The zero-order chi connectivity index (χ0) is 14.4. The average Bonchev–Trinajstić information content (AvgIpc) is 2.25. The third-order valence-corrected chi connectivity index (χ3v) is 8.16. The maximum absolute atomic E-state index is 12.5. The van der Waals surface area contributed by atoms with Gasteiger partial charge in [-0.05, 0) is 23.6 Å². The fourth-order valence-corrected chi connectivity index (χ4v) is 6.47. The summed E-state index contributed by atoms with van der Waals surface area (Å²) in [6, 6.07) is 4.62. The van der Waals surface area contributed by atoms with Crippen LogP contribution in [-0.2, 0) is 6.42 Å². The molecular formula is C16H26OSi2. The average molecular weight is 291 g/mol. The lowest BCUT2D eigenvalue weighted by Crippen LogP contribution is -2.48. The van der Waals surface area contributed by atoms with E-state index in [1.807, 2.05) is 0 Å². The van der Waals surface area contributed by atoms with Crippen LogP contribution in [0.5, 0.6) is 0 Å². The lowest BCUT2D eigenvalue weighted by atomic mass is 9.90. The van der Waals surface area contributed by atoms with Crippen LogP contribution in [0.4, 0.5) is 0 Å². The molecule has 0 radical (unpaired) electrons. The molecule has 1 aliphatic carbocycles. The van der Waals surface area contributed by atoms with Crippen molar-refractivity contribution >= 4 is 32.3 Å². The van der Waals surface area contributed by atoms with E-state index in [4.69, 9.17) is 0 Å². The van der Waals surface area contributed by atoms with Crippen molar-refractivity contribution in [2.75, 3.05) is 0 Å². The van der Waals surface area contributed by atoms with Gasteiger partial charge in [0.15, 0.2) is 5.78 Å². The van der Waals surface area contributed by atoms with Crippen LogP contribution < -0.4 is 10.4 Å². The third kappa shape index (κ3) is 2.77. The Balaban J connectivity index is 2.74. The van der Waals surface area contributed by atoms with Gasteiger partial charge in [0.2, 0.25) is 0 Å². The molecule has 0 heterocycles. The van der Waals surface area contributed by atoms with E-state index >= 15 is 0 Å². The molecule has 0 amide bonds. The molecule has 0 N–H and O–H groups in total. The smallest absolute Gasteiger partial charge is 0.163 e. The van der Waals surface area contributed by atoms with Crippen molar-refractivity contribution < 1.29 is 4.79 Å². The predicted octanol–water partition coefficient (Wildman–Crippen LogP) is 3.30. The Kier molecular flexibility index (Phi) is 3.65. The number of fused-ring (bicyclic) bond motifs is 1. The van der Waals surface area contributed by atoms with Gasteiger partial charge in [-0.2, -0.15) is 0 Å². The van der Waals surface area contributed by atoms with Crippen LogP contribution in [0.3, 0.4) is 0 Å². The van der Waals surface area contributed by atoms with E-state index in [2.05, 4.69) is 51.4 Å². The number of Topliss-reactive ketones (excluding diaryl/α,β-unsaturated/α-hetero) is 1. The van der Waals surface area contributed by atoms with Gasteiger partial charge in [0.25, 0.3) is 0 Å². The highest BCUT2D eigenvalue weighted by Gasteiger charge is 2.32. The minimum Gasteiger partial charge on any atom is -0.294 e. The maximum atomic E-state index is 12.5. The number of hydrogen-bond donors (Lipinski definition) is 0. The summed E-state index contributed by atoms with van der Waals surface area (Å²) in [4.78, 5) is 12.5. The number of hydrogen-bond acceptors (Lipinski definition) is 1. The summed E-state index contributed by atoms with van der Waals surface area (Å²) in [6.07, 6.45) is 2.90. The minimum atomic E-state index is -1.44. The van der Waals surface area contributed by atoms with Crippen LogP contribution in [-0.4, -0.2) is 21.9 Å². The fourth-order valence-electron chi connectivity index (χ4n) is 3.10. The third-order valence-electron chi connectivity index (χ3n) is 4.04. The molecule has 0 bridgehead atoms. The number of rotatable bonds is 2. The van der Waals surface area contributed by atoms with E-state index in [1.54, 1.807) is 0 Å². The molecule has 0 saturated heterocycles. The zero-order valence-electron chi connectivity index (χ0n) is 13.2. The second-order valence-electron chi connectivity index (χ2n) is 7.79. The van der Waals surface area contributed by atoms with Crippen LogP contribution in [0, 0.1) is 0 Å². The van der Waals surface area contributed by atoms with Gasteiger partial charge < -0.3 is 0 Å². The zero-order valence-corrected chi connectivity index (χ0v) is 15.2. The molecule has 0 spiro atoms. The second-order valence-corrected chi connectivity index (χ2v) is 17.9. The highest BCUT2D eigenvalue weighted by molar-refractivity contribution is 6.91. The SMILES string of the molecule is C[Si](C)(C)c1ccc([Si](C)(C)C)c2c1CCCC2=O.